The molecule has 1 aromatic rings. The van der Waals surface area contributed by atoms with Crippen molar-refractivity contribution < 1.29 is 0 Å². The van der Waals surface area contributed by atoms with Crippen molar-refractivity contribution in [2.45, 2.75) is 51.9 Å². The molecular formula is C12H20BrClN2. The molecule has 0 bridgehead atoms. The highest BCUT2D eigenvalue weighted by Gasteiger charge is 2.19. The van der Waals surface area contributed by atoms with E-state index in [-0.39, 0.29) is 0 Å². The predicted molar refractivity (Wildman–Crippen MR) is 73.5 cm³/mol. The van der Waals surface area contributed by atoms with Crippen LogP contribution >= 0.6 is 27.5 Å². The molecule has 0 spiro atoms. The molecule has 0 N–H and O–H groups in total. The third kappa shape index (κ3) is 3.01. The van der Waals surface area contributed by atoms with Gasteiger partial charge in [0.05, 0.1) is 16.4 Å². The zero-order valence-electron chi connectivity index (χ0n) is 10.4. The summed E-state index contributed by atoms with van der Waals surface area (Å²) in [6.45, 7) is 9.40. The Kier molecular flexibility index (Phi) is 5.32. The maximum Gasteiger partial charge on any atom is 0.0847 e. The number of nitrogens with zero attached hydrogens (tertiary/aromatic N) is 2. The lowest BCUT2D eigenvalue weighted by Crippen LogP contribution is -2.15. The second-order valence-electron chi connectivity index (χ2n) is 4.27. The van der Waals surface area contributed by atoms with Gasteiger partial charge in [-0.3, -0.25) is 4.68 Å². The number of aromatic nitrogens is 2. The van der Waals surface area contributed by atoms with Crippen LogP contribution < -0.4 is 0 Å². The van der Waals surface area contributed by atoms with Gasteiger partial charge in [-0.05, 0) is 32.6 Å². The molecule has 0 fully saturated rings. The zero-order valence-corrected chi connectivity index (χ0v) is 12.8. The normalized spacial score (nSPS) is 15.1. The smallest absolute Gasteiger partial charge is 0.0847 e. The summed E-state index contributed by atoms with van der Waals surface area (Å²) in [6.07, 6.45) is 2.12. The minimum atomic E-state index is 0.545. The Balaban J connectivity index is 2.87. The summed E-state index contributed by atoms with van der Waals surface area (Å²) in [5.41, 5.74) is 2.11. The Bertz CT molecular complexity index is 349. The Morgan fingerprint density at radius 1 is 1.44 bits per heavy atom. The molecule has 0 saturated carbocycles. The van der Waals surface area contributed by atoms with E-state index in [4.69, 9.17) is 11.6 Å². The van der Waals surface area contributed by atoms with Crippen molar-refractivity contribution in [3.63, 3.8) is 0 Å². The summed E-state index contributed by atoms with van der Waals surface area (Å²) in [6, 6.07) is 0. The summed E-state index contributed by atoms with van der Waals surface area (Å²) in [7, 11) is 0. The lowest BCUT2D eigenvalue weighted by Gasteiger charge is -2.17. The fraction of sp³-hybridized carbons (Fsp3) is 0.750. The SMILES string of the molecule is CCC(Br)C(C)Cc1c(Cl)c(C)nn1CC. The Morgan fingerprint density at radius 2 is 2.06 bits per heavy atom. The molecular weight excluding hydrogens is 288 g/mol. The largest absolute Gasteiger partial charge is 0.268 e. The van der Waals surface area contributed by atoms with Crippen LogP contribution in [-0.2, 0) is 13.0 Å². The molecule has 1 aromatic heterocycles. The molecule has 1 rings (SSSR count). The molecule has 0 aliphatic heterocycles. The van der Waals surface area contributed by atoms with Crippen LogP contribution in [0.2, 0.25) is 5.02 Å². The molecule has 0 amide bonds. The van der Waals surface area contributed by atoms with E-state index in [9.17, 15) is 0 Å². The van der Waals surface area contributed by atoms with Crippen LogP contribution in [0.3, 0.4) is 0 Å². The van der Waals surface area contributed by atoms with Gasteiger partial charge in [-0.25, -0.2) is 0 Å². The summed E-state index contributed by atoms with van der Waals surface area (Å²) in [4.78, 5) is 0.545. The average molecular weight is 308 g/mol. The Morgan fingerprint density at radius 3 is 2.56 bits per heavy atom. The van der Waals surface area contributed by atoms with Crippen molar-refractivity contribution >= 4 is 27.5 Å². The number of hydrogen-bond acceptors (Lipinski definition) is 1. The van der Waals surface area contributed by atoms with Crippen LogP contribution in [-0.4, -0.2) is 14.6 Å². The van der Waals surface area contributed by atoms with E-state index in [0.29, 0.717) is 10.7 Å². The summed E-state index contributed by atoms with van der Waals surface area (Å²) in [5.74, 6) is 0.573. The molecule has 0 aliphatic carbocycles. The van der Waals surface area contributed by atoms with Gasteiger partial charge in [0.2, 0.25) is 0 Å². The Hall–Kier alpha value is -0.0200. The summed E-state index contributed by atoms with van der Waals surface area (Å²) < 4.78 is 2.02. The zero-order chi connectivity index (χ0) is 12.3. The van der Waals surface area contributed by atoms with Crippen LogP contribution in [0.15, 0.2) is 0 Å². The number of alkyl halides is 1. The van der Waals surface area contributed by atoms with Gasteiger partial charge in [-0.15, -0.1) is 0 Å². The molecule has 2 atom stereocenters. The molecule has 0 saturated heterocycles. The number of halogens is 2. The number of aryl methyl sites for hydroxylation is 2. The third-order valence-electron chi connectivity index (χ3n) is 2.98. The van der Waals surface area contributed by atoms with Crippen LogP contribution in [0.5, 0.6) is 0 Å². The molecule has 2 nitrogen and oxygen atoms in total. The van der Waals surface area contributed by atoms with Crippen molar-refractivity contribution in [1.29, 1.82) is 0 Å². The van der Waals surface area contributed by atoms with Gasteiger partial charge < -0.3 is 0 Å². The van der Waals surface area contributed by atoms with Gasteiger partial charge in [0, 0.05) is 11.4 Å². The third-order valence-corrected chi connectivity index (χ3v) is 5.02. The van der Waals surface area contributed by atoms with Crippen LogP contribution in [0, 0.1) is 12.8 Å². The highest BCUT2D eigenvalue weighted by Crippen LogP contribution is 2.26. The minimum absolute atomic E-state index is 0.545. The second kappa shape index (κ2) is 6.06. The lowest BCUT2D eigenvalue weighted by atomic mass is 10.00. The van der Waals surface area contributed by atoms with Gasteiger partial charge in [-0.2, -0.15) is 5.10 Å². The second-order valence-corrected chi connectivity index (χ2v) is 5.82. The molecule has 92 valence electrons. The van der Waals surface area contributed by atoms with Crippen molar-refractivity contribution in [2.75, 3.05) is 0 Å². The standard InChI is InChI=1S/C12H20BrClN2/c1-5-10(13)8(3)7-11-12(14)9(4)15-16(11)6-2/h8,10H,5-7H2,1-4H3. The lowest BCUT2D eigenvalue weighted by molar-refractivity contribution is 0.509. The average Bonchev–Trinajstić information content (AvgIpc) is 2.55. The van der Waals surface area contributed by atoms with E-state index < -0.39 is 0 Å². The fourth-order valence-corrected chi connectivity index (χ4v) is 2.30. The van der Waals surface area contributed by atoms with Gasteiger partial charge in [0.25, 0.3) is 0 Å². The van der Waals surface area contributed by atoms with Gasteiger partial charge >= 0.3 is 0 Å². The number of rotatable bonds is 5. The van der Waals surface area contributed by atoms with E-state index in [0.717, 1.165) is 30.1 Å². The maximum atomic E-state index is 6.29. The quantitative estimate of drug-likeness (QED) is 0.745. The van der Waals surface area contributed by atoms with Crippen LogP contribution in [0.1, 0.15) is 38.6 Å². The monoisotopic (exact) mass is 306 g/mol. The predicted octanol–water partition coefficient (Wildman–Crippen LogP) is 4.22. The van der Waals surface area contributed by atoms with Gasteiger partial charge in [-0.1, -0.05) is 41.4 Å². The minimum Gasteiger partial charge on any atom is -0.268 e. The van der Waals surface area contributed by atoms with E-state index in [1.54, 1.807) is 0 Å². The van der Waals surface area contributed by atoms with Crippen molar-refractivity contribution in [1.82, 2.24) is 9.78 Å². The van der Waals surface area contributed by atoms with Crippen molar-refractivity contribution in [3.8, 4) is 0 Å². The highest BCUT2D eigenvalue weighted by molar-refractivity contribution is 9.09. The molecule has 4 heteroatoms. The molecule has 16 heavy (non-hydrogen) atoms. The molecule has 0 aromatic carbocycles. The van der Waals surface area contributed by atoms with E-state index in [2.05, 4.69) is 41.8 Å². The van der Waals surface area contributed by atoms with Crippen LogP contribution in [0.4, 0.5) is 0 Å². The first-order valence-corrected chi connectivity index (χ1v) is 7.16. The molecule has 2 unspecified atom stereocenters. The fourth-order valence-electron chi connectivity index (χ4n) is 1.90. The van der Waals surface area contributed by atoms with Gasteiger partial charge in [0.1, 0.15) is 0 Å². The van der Waals surface area contributed by atoms with Crippen LogP contribution in [0.25, 0.3) is 0 Å². The van der Waals surface area contributed by atoms with E-state index in [1.165, 1.54) is 5.69 Å². The summed E-state index contributed by atoms with van der Waals surface area (Å²) >= 11 is 9.99. The van der Waals surface area contributed by atoms with E-state index in [1.807, 2.05) is 11.6 Å². The first kappa shape index (κ1) is 14.0. The summed E-state index contributed by atoms with van der Waals surface area (Å²) in [5, 5.41) is 5.27. The molecule has 0 radical (unpaired) electrons. The highest BCUT2D eigenvalue weighted by atomic mass is 79.9. The van der Waals surface area contributed by atoms with E-state index >= 15 is 0 Å². The van der Waals surface area contributed by atoms with Crippen molar-refractivity contribution in [2.24, 2.45) is 5.92 Å². The van der Waals surface area contributed by atoms with Gasteiger partial charge in [0.15, 0.2) is 0 Å². The molecule has 0 aliphatic rings. The topological polar surface area (TPSA) is 17.8 Å². The first-order chi connectivity index (χ1) is 7.51. The number of hydrogen-bond donors (Lipinski definition) is 0. The molecule has 1 heterocycles. The maximum absolute atomic E-state index is 6.29. The first-order valence-electron chi connectivity index (χ1n) is 5.87. The Labute approximate surface area is 111 Å². The van der Waals surface area contributed by atoms with Crippen molar-refractivity contribution in [3.05, 3.63) is 16.4 Å².